The van der Waals surface area contributed by atoms with Crippen molar-refractivity contribution in [2.24, 2.45) is 11.8 Å². The van der Waals surface area contributed by atoms with Crippen LogP contribution in [0.4, 0.5) is 19.0 Å². The number of nitrogens with zero attached hydrogens (tertiary/aromatic N) is 2. The van der Waals surface area contributed by atoms with E-state index in [0.717, 1.165) is 6.07 Å². The van der Waals surface area contributed by atoms with Gasteiger partial charge in [0.15, 0.2) is 0 Å². The van der Waals surface area contributed by atoms with Crippen LogP contribution in [0.1, 0.15) is 18.9 Å². The van der Waals surface area contributed by atoms with Gasteiger partial charge in [-0.2, -0.15) is 13.2 Å². The van der Waals surface area contributed by atoms with Gasteiger partial charge in [-0.25, -0.2) is 4.98 Å². The van der Waals surface area contributed by atoms with Gasteiger partial charge < -0.3 is 10.0 Å². The molecule has 0 spiro atoms. The fraction of sp³-hybridized carbons (Fsp3) is 0.538. The van der Waals surface area contributed by atoms with Gasteiger partial charge >= 0.3 is 12.1 Å². The highest BCUT2D eigenvalue weighted by Crippen LogP contribution is 2.37. The third-order valence-corrected chi connectivity index (χ3v) is 3.40. The van der Waals surface area contributed by atoms with Crippen molar-refractivity contribution in [3.63, 3.8) is 0 Å². The summed E-state index contributed by atoms with van der Waals surface area (Å²) in [5.74, 6) is -1.82. The Morgan fingerprint density at radius 3 is 2.75 bits per heavy atom. The fourth-order valence-corrected chi connectivity index (χ4v) is 2.57. The van der Waals surface area contributed by atoms with Crippen molar-refractivity contribution in [3.05, 3.63) is 23.9 Å². The third kappa shape index (κ3) is 3.02. The molecule has 2 rings (SSSR count). The number of aromatic nitrogens is 1. The average Bonchev–Trinajstić information content (AvgIpc) is 2.37. The zero-order valence-corrected chi connectivity index (χ0v) is 10.9. The molecule has 110 valence electrons. The highest BCUT2D eigenvalue weighted by atomic mass is 19.4. The summed E-state index contributed by atoms with van der Waals surface area (Å²) in [6.07, 6.45) is -2.73. The molecule has 0 bridgehead atoms. The van der Waals surface area contributed by atoms with Gasteiger partial charge in [0.2, 0.25) is 0 Å². The van der Waals surface area contributed by atoms with Crippen molar-refractivity contribution < 1.29 is 23.1 Å². The van der Waals surface area contributed by atoms with Crippen molar-refractivity contribution in [1.29, 1.82) is 0 Å². The number of halogens is 3. The molecular weight excluding hydrogens is 273 g/mol. The Morgan fingerprint density at radius 2 is 2.15 bits per heavy atom. The Hall–Kier alpha value is -1.79. The van der Waals surface area contributed by atoms with E-state index in [2.05, 4.69) is 4.98 Å². The predicted molar refractivity (Wildman–Crippen MR) is 66.4 cm³/mol. The van der Waals surface area contributed by atoms with Crippen LogP contribution >= 0.6 is 0 Å². The van der Waals surface area contributed by atoms with E-state index in [0.29, 0.717) is 13.0 Å². The second-order valence-electron chi connectivity index (χ2n) is 5.15. The van der Waals surface area contributed by atoms with Crippen molar-refractivity contribution >= 4 is 11.8 Å². The Bertz CT molecular complexity index is 505. The molecule has 0 amide bonds. The Morgan fingerprint density at radius 1 is 1.45 bits per heavy atom. The molecule has 1 aromatic rings. The summed E-state index contributed by atoms with van der Waals surface area (Å²) in [6, 6.07) is 2.20. The lowest BCUT2D eigenvalue weighted by atomic mass is 9.90. The third-order valence-electron chi connectivity index (χ3n) is 3.40. The maximum absolute atomic E-state index is 13.0. The summed E-state index contributed by atoms with van der Waals surface area (Å²) in [6.45, 7) is 2.27. The second-order valence-corrected chi connectivity index (χ2v) is 5.15. The molecule has 0 aromatic carbocycles. The first-order chi connectivity index (χ1) is 9.29. The molecule has 1 N–H and O–H groups in total. The number of aliphatic carboxylic acids is 1. The lowest BCUT2D eigenvalue weighted by Crippen LogP contribution is -2.43. The number of piperidine rings is 1. The van der Waals surface area contributed by atoms with Gasteiger partial charge in [0.05, 0.1) is 11.5 Å². The lowest BCUT2D eigenvalue weighted by Gasteiger charge is -2.36. The molecular formula is C13H15F3N2O2. The van der Waals surface area contributed by atoms with Gasteiger partial charge in [-0.1, -0.05) is 6.92 Å². The Kier molecular flexibility index (Phi) is 3.87. The summed E-state index contributed by atoms with van der Waals surface area (Å²) in [7, 11) is 0. The summed E-state index contributed by atoms with van der Waals surface area (Å²) in [4.78, 5) is 16.3. The molecule has 2 atom stereocenters. The topological polar surface area (TPSA) is 53.4 Å². The normalized spacial score (nSPS) is 23.7. The number of alkyl halides is 3. The fourth-order valence-electron chi connectivity index (χ4n) is 2.57. The lowest BCUT2D eigenvalue weighted by molar-refractivity contribution is -0.142. The van der Waals surface area contributed by atoms with Crippen LogP contribution in [-0.4, -0.2) is 29.1 Å². The van der Waals surface area contributed by atoms with Crippen molar-refractivity contribution in [2.45, 2.75) is 19.5 Å². The first kappa shape index (κ1) is 14.6. The maximum Gasteiger partial charge on any atom is 0.419 e. The minimum Gasteiger partial charge on any atom is -0.481 e. The quantitative estimate of drug-likeness (QED) is 0.909. The first-order valence-electron chi connectivity index (χ1n) is 6.29. The number of carboxylic acids is 1. The number of hydrogen-bond acceptors (Lipinski definition) is 3. The molecule has 1 fully saturated rings. The first-order valence-corrected chi connectivity index (χ1v) is 6.29. The van der Waals surface area contributed by atoms with Crippen molar-refractivity contribution in [1.82, 2.24) is 4.98 Å². The van der Waals surface area contributed by atoms with Crippen molar-refractivity contribution in [2.75, 3.05) is 18.0 Å². The van der Waals surface area contributed by atoms with Crippen LogP contribution in [0, 0.1) is 11.8 Å². The average molecular weight is 288 g/mol. The molecule has 1 aliphatic heterocycles. The number of hydrogen-bond donors (Lipinski definition) is 1. The predicted octanol–water partition coefficient (Wildman–Crippen LogP) is 2.65. The van der Waals surface area contributed by atoms with E-state index in [1.54, 1.807) is 0 Å². The standard InChI is InChI=1S/C13H15F3N2O2/c1-8-5-9(12(19)20)7-18(6-8)11-10(13(14,15)16)3-2-4-17-11/h2-4,8-9H,5-7H2,1H3,(H,19,20). The summed E-state index contributed by atoms with van der Waals surface area (Å²) in [5.41, 5.74) is -0.821. The molecule has 1 saturated heterocycles. The summed E-state index contributed by atoms with van der Waals surface area (Å²) in [5, 5.41) is 9.08. The number of rotatable bonds is 2. The van der Waals surface area contributed by atoms with E-state index >= 15 is 0 Å². The molecule has 2 heterocycles. The van der Waals surface area contributed by atoms with E-state index in [-0.39, 0.29) is 18.3 Å². The van der Waals surface area contributed by atoms with Crippen LogP contribution in [-0.2, 0) is 11.0 Å². The van der Waals surface area contributed by atoms with Gasteiger partial charge in [-0.15, -0.1) is 0 Å². The van der Waals surface area contributed by atoms with E-state index < -0.39 is 23.6 Å². The van der Waals surface area contributed by atoms with Gasteiger partial charge in [-0.05, 0) is 24.5 Å². The van der Waals surface area contributed by atoms with E-state index in [1.165, 1.54) is 17.2 Å². The van der Waals surface area contributed by atoms with Crippen LogP contribution in [0.25, 0.3) is 0 Å². The molecule has 1 aliphatic rings. The number of carboxylic acid groups (broad SMARTS) is 1. The van der Waals surface area contributed by atoms with E-state index in [9.17, 15) is 18.0 Å². The van der Waals surface area contributed by atoms with E-state index in [4.69, 9.17) is 5.11 Å². The minimum absolute atomic E-state index is 0.00735. The zero-order chi connectivity index (χ0) is 14.9. The van der Waals surface area contributed by atoms with Gasteiger partial charge in [-0.3, -0.25) is 4.79 Å². The van der Waals surface area contributed by atoms with Gasteiger partial charge in [0.25, 0.3) is 0 Å². The van der Waals surface area contributed by atoms with Gasteiger partial charge in [0, 0.05) is 19.3 Å². The van der Waals surface area contributed by atoms with E-state index in [1.807, 2.05) is 6.92 Å². The van der Waals surface area contributed by atoms with Crippen LogP contribution < -0.4 is 4.90 Å². The number of carbonyl (C=O) groups is 1. The van der Waals surface area contributed by atoms with Crippen LogP contribution in [0.15, 0.2) is 18.3 Å². The highest BCUT2D eigenvalue weighted by Gasteiger charge is 2.38. The zero-order valence-electron chi connectivity index (χ0n) is 10.9. The molecule has 0 radical (unpaired) electrons. The maximum atomic E-state index is 13.0. The molecule has 20 heavy (non-hydrogen) atoms. The second kappa shape index (κ2) is 5.30. The minimum atomic E-state index is -4.50. The molecule has 2 unspecified atom stereocenters. The summed E-state index contributed by atoms with van der Waals surface area (Å²) < 4.78 is 38.9. The van der Waals surface area contributed by atoms with Crippen LogP contribution in [0.2, 0.25) is 0 Å². The van der Waals surface area contributed by atoms with Gasteiger partial charge in [0.1, 0.15) is 5.82 Å². The molecule has 0 saturated carbocycles. The molecule has 4 nitrogen and oxygen atoms in total. The SMILES string of the molecule is CC1CC(C(=O)O)CN(c2ncccc2C(F)(F)F)C1. The Labute approximate surface area is 114 Å². The molecule has 1 aromatic heterocycles. The number of pyridine rings is 1. The smallest absolute Gasteiger partial charge is 0.419 e. The highest BCUT2D eigenvalue weighted by molar-refractivity contribution is 5.71. The Balaban J connectivity index is 2.33. The van der Waals surface area contributed by atoms with Crippen LogP contribution in [0.3, 0.4) is 0 Å². The largest absolute Gasteiger partial charge is 0.481 e. The van der Waals surface area contributed by atoms with Crippen LogP contribution in [0.5, 0.6) is 0 Å². The number of anilines is 1. The molecule has 7 heteroatoms. The summed E-state index contributed by atoms with van der Waals surface area (Å²) >= 11 is 0. The monoisotopic (exact) mass is 288 g/mol. The molecule has 0 aliphatic carbocycles. The van der Waals surface area contributed by atoms with Crippen molar-refractivity contribution in [3.8, 4) is 0 Å².